The van der Waals surface area contributed by atoms with E-state index in [9.17, 15) is 4.79 Å². The van der Waals surface area contributed by atoms with Crippen LogP contribution >= 0.6 is 11.8 Å². The first-order valence-electron chi connectivity index (χ1n) is 4.29. The third-order valence-electron chi connectivity index (χ3n) is 2.07. The van der Waals surface area contributed by atoms with Crippen molar-refractivity contribution in [2.75, 3.05) is 12.3 Å². The first kappa shape index (κ1) is 8.63. The van der Waals surface area contributed by atoms with E-state index in [-0.39, 0.29) is 5.91 Å². The molecule has 0 unspecified atom stereocenters. The second-order valence-electron chi connectivity index (χ2n) is 3.01. The molecule has 1 fully saturated rings. The van der Waals surface area contributed by atoms with Gasteiger partial charge in [-0.3, -0.25) is 4.79 Å². The van der Waals surface area contributed by atoms with Gasteiger partial charge >= 0.3 is 0 Å². The van der Waals surface area contributed by atoms with E-state index in [1.165, 1.54) is 5.56 Å². The van der Waals surface area contributed by atoms with Gasteiger partial charge in [-0.05, 0) is 5.56 Å². The number of hydrogen-bond acceptors (Lipinski definition) is 2. The molecular formula is C10H11NOS. The Bertz CT molecular complexity index is 289. The van der Waals surface area contributed by atoms with Crippen LogP contribution in [-0.4, -0.2) is 18.2 Å². The smallest absolute Gasteiger partial charge is 0.230 e. The maximum atomic E-state index is 10.9. The summed E-state index contributed by atoms with van der Waals surface area (Å²) in [6, 6.07) is 10.3. The minimum Gasteiger partial charge on any atom is -0.354 e. The van der Waals surface area contributed by atoms with E-state index in [0.29, 0.717) is 11.0 Å². The lowest BCUT2D eigenvalue weighted by Crippen LogP contribution is -2.33. The van der Waals surface area contributed by atoms with Crippen molar-refractivity contribution in [2.24, 2.45) is 0 Å². The fraction of sp³-hybridized carbons (Fsp3) is 0.300. The van der Waals surface area contributed by atoms with E-state index in [0.717, 1.165) is 6.54 Å². The van der Waals surface area contributed by atoms with Gasteiger partial charge in [0.05, 0.1) is 5.75 Å². The predicted molar refractivity (Wildman–Crippen MR) is 54.7 cm³/mol. The van der Waals surface area contributed by atoms with E-state index in [4.69, 9.17) is 0 Å². The number of nitrogens with one attached hydrogen (secondary N) is 1. The minimum absolute atomic E-state index is 0.150. The molecule has 1 amide bonds. The summed E-state index contributed by atoms with van der Waals surface area (Å²) in [6.07, 6.45) is 0. The first-order valence-corrected chi connectivity index (χ1v) is 5.34. The van der Waals surface area contributed by atoms with E-state index < -0.39 is 0 Å². The Labute approximate surface area is 81.7 Å². The Balaban J connectivity index is 2.07. The van der Waals surface area contributed by atoms with Gasteiger partial charge in [-0.15, -0.1) is 11.8 Å². The van der Waals surface area contributed by atoms with Crippen LogP contribution in [0, 0.1) is 0 Å². The fourth-order valence-corrected chi connectivity index (χ4v) is 2.38. The van der Waals surface area contributed by atoms with Crippen molar-refractivity contribution < 1.29 is 4.79 Å². The zero-order chi connectivity index (χ0) is 9.10. The van der Waals surface area contributed by atoms with Crippen LogP contribution in [0.5, 0.6) is 0 Å². The third kappa shape index (κ3) is 2.04. The number of benzene rings is 1. The normalized spacial score (nSPS) is 22.5. The van der Waals surface area contributed by atoms with E-state index in [1.54, 1.807) is 11.8 Å². The summed E-state index contributed by atoms with van der Waals surface area (Å²) >= 11 is 1.71. The highest BCUT2D eigenvalue weighted by atomic mass is 32.2. The summed E-state index contributed by atoms with van der Waals surface area (Å²) in [5, 5.41) is 3.30. The average molecular weight is 193 g/mol. The molecule has 0 spiro atoms. The van der Waals surface area contributed by atoms with Crippen LogP contribution in [0.15, 0.2) is 30.3 Å². The highest BCUT2D eigenvalue weighted by molar-refractivity contribution is 8.00. The standard InChI is InChI=1S/C10H11NOS/c12-10-7-13-9(6-11-10)8-4-2-1-3-5-8/h1-5,9H,6-7H2,(H,11,12)/t9-/m1/s1. The Hall–Kier alpha value is -0.960. The molecule has 1 atom stereocenters. The third-order valence-corrected chi connectivity index (χ3v) is 3.34. The van der Waals surface area contributed by atoms with Crippen LogP contribution in [-0.2, 0) is 4.79 Å². The molecule has 2 rings (SSSR count). The molecule has 0 aliphatic carbocycles. The second kappa shape index (κ2) is 3.83. The van der Waals surface area contributed by atoms with Crippen LogP contribution in [0.1, 0.15) is 10.8 Å². The molecule has 13 heavy (non-hydrogen) atoms. The van der Waals surface area contributed by atoms with Gasteiger partial charge in [0, 0.05) is 11.8 Å². The van der Waals surface area contributed by atoms with E-state index in [1.807, 2.05) is 18.2 Å². The van der Waals surface area contributed by atoms with Gasteiger partial charge in [0.25, 0.3) is 0 Å². The molecule has 1 saturated heterocycles. The van der Waals surface area contributed by atoms with Crippen molar-refractivity contribution in [3.05, 3.63) is 35.9 Å². The summed E-state index contributed by atoms with van der Waals surface area (Å²) in [4.78, 5) is 10.9. The zero-order valence-electron chi connectivity index (χ0n) is 7.19. The number of amides is 1. The Morgan fingerprint density at radius 3 is 2.69 bits per heavy atom. The number of thioether (sulfide) groups is 1. The second-order valence-corrected chi connectivity index (χ2v) is 4.21. The quantitative estimate of drug-likeness (QED) is 0.734. The Kier molecular flexibility index (Phi) is 2.54. The van der Waals surface area contributed by atoms with Crippen LogP contribution < -0.4 is 5.32 Å². The van der Waals surface area contributed by atoms with Crippen molar-refractivity contribution in [3.63, 3.8) is 0 Å². The van der Waals surface area contributed by atoms with Gasteiger partial charge in [0.2, 0.25) is 5.91 Å². The molecule has 1 heterocycles. The largest absolute Gasteiger partial charge is 0.354 e. The van der Waals surface area contributed by atoms with Crippen molar-refractivity contribution in [2.45, 2.75) is 5.25 Å². The lowest BCUT2D eigenvalue weighted by atomic mass is 10.1. The summed E-state index contributed by atoms with van der Waals surface area (Å²) in [6.45, 7) is 0.757. The molecule has 0 saturated carbocycles. The van der Waals surface area contributed by atoms with Gasteiger partial charge in [-0.25, -0.2) is 0 Å². The number of rotatable bonds is 1. The van der Waals surface area contributed by atoms with Crippen molar-refractivity contribution >= 4 is 17.7 Å². The molecule has 0 radical (unpaired) electrons. The number of hydrogen-bond donors (Lipinski definition) is 1. The average Bonchev–Trinajstić information content (AvgIpc) is 2.20. The fourth-order valence-electron chi connectivity index (χ4n) is 1.37. The molecule has 3 heteroatoms. The maximum absolute atomic E-state index is 10.9. The zero-order valence-corrected chi connectivity index (χ0v) is 8.01. The highest BCUT2D eigenvalue weighted by Gasteiger charge is 2.19. The van der Waals surface area contributed by atoms with E-state index >= 15 is 0 Å². The molecular weight excluding hydrogens is 182 g/mol. The lowest BCUT2D eigenvalue weighted by molar-refractivity contribution is -0.118. The number of carbonyl (C=O) groups excluding carboxylic acids is 1. The van der Waals surface area contributed by atoms with Crippen molar-refractivity contribution in [1.82, 2.24) is 5.32 Å². The minimum atomic E-state index is 0.150. The van der Waals surface area contributed by atoms with Crippen LogP contribution in [0.4, 0.5) is 0 Å². The molecule has 0 bridgehead atoms. The predicted octanol–water partition coefficient (Wildman–Crippen LogP) is 1.59. The summed E-state index contributed by atoms with van der Waals surface area (Å²) < 4.78 is 0. The van der Waals surface area contributed by atoms with Crippen molar-refractivity contribution in [3.8, 4) is 0 Å². The van der Waals surface area contributed by atoms with Gasteiger partial charge in [-0.1, -0.05) is 30.3 Å². The molecule has 2 nitrogen and oxygen atoms in total. The molecule has 1 aliphatic rings. The van der Waals surface area contributed by atoms with E-state index in [2.05, 4.69) is 17.4 Å². The SMILES string of the molecule is O=C1CS[C@@H](c2ccccc2)CN1. The van der Waals surface area contributed by atoms with Crippen molar-refractivity contribution in [1.29, 1.82) is 0 Å². The van der Waals surface area contributed by atoms with Gasteiger partial charge in [-0.2, -0.15) is 0 Å². The Morgan fingerprint density at radius 1 is 1.31 bits per heavy atom. The van der Waals surface area contributed by atoms with Gasteiger partial charge in [0.1, 0.15) is 0 Å². The summed E-state index contributed by atoms with van der Waals surface area (Å²) in [5.74, 6) is 0.733. The topological polar surface area (TPSA) is 29.1 Å². The van der Waals surface area contributed by atoms with Crippen LogP contribution in [0.25, 0.3) is 0 Å². The number of carbonyl (C=O) groups is 1. The molecule has 0 aromatic heterocycles. The first-order chi connectivity index (χ1) is 6.36. The molecule has 68 valence electrons. The Morgan fingerprint density at radius 2 is 2.08 bits per heavy atom. The molecule has 1 aromatic carbocycles. The van der Waals surface area contributed by atoms with Gasteiger partial charge in [0.15, 0.2) is 0 Å². The summed E-state index contributed by atoms with van der Waals surface area (Å²) in [7, 11) is 0. The molecule has 1 aromatic rings. The summed E-state index contributed by atoms with van der Waals surface area (Å²) in [5.41, 5.74) is 1.30. The highest BCUT2D eigenvalue weighted by Crippen LogP contribution is 2.29. The van der Waals surface area contributed by atoms with Gasteiger partial charge < -0.3 is 5.32 Å². The van der Waals surface area contributed by atoms with Crippen LogP contribution in [0.3, 0.4) is 0 Å². The lowest BCUT2D eigenvalue weighted by Gasteiger charge is -2.22. The molecule has 1 aliphatic heterocycles. The van der Waals surface area contributed by atoms with Crippen LogP contribution in [0.2, 0.25) is 0 Å². The monoisotopic (exact) mass is 193 g/mol. The molecule has 1 N–H and O–H groups in total. The maximum Gasteiger partial charge on any atom is 0.230 e.